The number of aryl methyl sites for hydroxylation is 2. The molecule has 1 N–H and O–H groups in total. The van der Waals surface area contributed by atoms with Crippen LogP contribution in [-0.4, -0.2) is 35.6 Å². The van der Waals surface area contributed by atoms with Crippen molar-refractivity contribution in [3.05, 3.63) is 22.9 Å². The van der Waals surface area contributed by atoms with E-state index in [1.54, 1.807) is 0 Å². The van der Waals surface area contributed by atoms with Gasteiger partial charge in [0, 0.05) is 24.8 Å². The summed E-state index contributed by atoms with van der Waals surface area (Å²) in [7, 11) is 0. The van der Waals surface area contributed by atoms with Gasteiger partial charge >= 0.3 is 0 Å². The van der Waals surface area contributed by atoms with Crippen molar-refractivity contribution in [2.45, 2.75) is 46.6 Å². The first-order chi connectivity index (χ1) is 10.0. The Hall–Kier alpha value is -1.60. The summed E-state index contributed by atoms with van der Waals surface area (Å²) in [6.07, 6.45) is 2.63. The molecule has 114 valence electrons. The van der Waals surface area contributed by atoms with Crippen molar-refractivity contribution in [3.63, 3.8) is 0 Å². The van der Waals surface area contributed by atoms with Gasteiger partial charge in [0.2, 0.25) is 0 Å². The van der Waals surface area contributed by atoms with Crippen LogP contribution in [0.3, 0.4) is 0 Å². The fourth-order valence-electron chi connectivity index (χ4n) is 3.11. The molecule has 1 aromatic rings. The highest BCUT2D eigenvalue weighted by Crippen LogP contribution is 2.20. The zero-order valence-corrected chi connectivity index (χ0v) is 13.6. The topological polar surface area (TPSA) is 52.0 Å². The number of nitrogens with zero attached hydrogens (tertiary/aromatic N) is 3. The van der Waals surface area contributed by atoms with E-state index >= 15 is 0 Å². The number of nitriles is 1. The molecule has 0 amide bonds. The van der Waals surface area contributed by atoms with Crippen LogP contribution in [0, 0.1) is 31.1 Å². The van der Waals surface area contributed by atoms with Crippen molar-refractivity contribution in [1.82, 2.24) is 9.88 Å². The summed E-state index contributed by atoms with van der Waals surface area (Å²) in [5, 5.41) is 12.7. The summed E-state index contributed by atoms with van der Waals surface area (Å²) < 4.78 is 0. The third-order valence-corrected chi connectivity index (χ3v) is 4.33. The summed E-state index contributed by atoms with van der Waals surface area (Å²) in [6.45, 7) is 11.7. The summed E-state index contributed by atoms with van der Waals surface area (Å²) in [4.78, 5) is 7.02. The molecule has 2 atom stereocenters. The van der Waals surface area contributed by atoms with E-state index in [0.717, 1.165) is 29.5 Å². The van der Waals surface area contributed by atoms with Crippen LogP contribution < -0.4 is 5.32 Å². The van der Waals surface area contributed by atoms with E-state index in [1.165, 1.54) is 25.9 Å². The Labute approximate surface area is 128 Å². The first-order valence-corrected chi connectivity index (χ1v) is 7.87. The maximum Gasteiger partial charge on any atom is 0.144 e. The predicted octanol–water partition coefficient (Wildman–Crippen LogP) is 3.10. The zero-order valence-electron chi connectivity index (χ0n) is 13.6. The zero-order chi connectivity index (χ0) is 15.4. The lowest BCUT2D eigenvalue weighted by atomic mass is 9.99. The Morgan fingerprint density at radius 3 is 2.95 bits per heavy atom. The molecule has 0 aromatic carbocycles. The summed E-state index contributed by atoms with van der Waals surface area (Å²) in [6, 6.07) is 4.68. The Balaban J connectivity index is 2.01. The van der Waals surface area contributed by atoms with Gasteiger partial charge in [-0.3, -0.25) is 4.90 Å². The van der Waals surface area contributed by atoms with E-state index in [-0.39, 0.29) is 0 Å². The number of aromatic nitrogens is 1. The third-order valence-electron chi connectivity index (χ3n) is 4.33. The molecule has 0 spiro atoms. The van der Waals surface area contributed by atoms with E-state index in [4.69, 9.17) is 0 Å². The Morgan fingerprint density at radius 1 is 1.52 bits per heavy atom. The highest BCUT2D eigenvalue weighted by Gasteiger charge is 2.21. The lowest BCUT2D eigenvalue weighted by Crippen LogP contribution is -2.43. The number of pyridine rings is 1. The molecule has 21 heavy (non-hydrogen) atoms. The molecule has 0 radical (unpaired) electrons. The van der Waals surface area contributed by atoms with Gasteiger partial charge in [0.1, 0.15) is 11.9 Å². The fourth-order valence-corrected chi connectivity index (χ4v) is 3.11. The van der Waals surface area contributed by atoms with Gasteiger partial charge in [0.15, 0.2) is 0 Å². The van der Waals surface area contributed by atoms with Crippen LogP contribution >= 0.6 is 0 Å². The monoisotopic (exact) mass is 286 g/mol. The number of piperidine rings is 1. The van der Waals surface area contributed by atoms with E-state index < -0.39 is 0 Å². The van der Waals surface area contributed by atoms with Crippen LogP contribution in [0.25, 0.3) is 0 Å². The van der Waals surface area contributed by atoms with Crippen molar-refractivity contribution in [3.8, 4) is 6.07 Å². The standard InChI is InChI=1S/C17H26N4/c1-12-6-5-7-21(11-12)15(4)10-19-17-16(9-18)13(2)8-14(3)20-17/h8,12,15H,5-7,10-11H2,1-4H3,(H,19,20). The number of nitrogens with one attached hydrogen (secondary N) is 1. The predicted molar refractivity (Wildman–Crippen MR) is 86.3 cm³/mol. The molecular weight excluding hydrogens is 260 g/mol. The quantitative estimate of drug-likeness (QED) is 0.924. The second-order valence-electron chi connectivity index (χ2n) is 6.39. The largest absolute Gasteiger partial charge is 0.367 e. The number of rotatable bonds is 4. The molecule has 4 heteroatoms. The van der Waals surface area contributed by atoms with Gasteiger partial charge in [-0.05, 0) is 57.7 Å². The average Bonchev–Trinajstić information content (AvgIpc) is 2.44. The van der Waals surface area contributed by atoms with Gasteiger partial charge in [0.25, 0.3) is 0 Å². The van der Waals surface area contributed by atoms with Gasteiger partial charge in [-0.1, -0.05) is 6.92 Å². The summed E-state index contributed by atoms with van der Waals surface area (Å²) in [5.74, 6) is 1.52. The maximum absolute atomic E-state index is 9.30. The van der Waals surface area contributed by atoms with E-state index in [1.807, 2.05) is 19.9 Å². The van der Waals surface area contributed by atoms with Gasteiger partial charge in [-0.2, -0.15) is 5.26 Å². The van der Waals surface area contributed by atoms with Crippen LogP contribution in [0.5, 0.6) is 0 Å². The van der Waals surface area contributed by atoms with Crippen molar-refractivity contribution in [1.29, 1.82) is 5.26 Å². The lowest BCUT2D eigenvalue weighted by Gasteiger charge is -2.35. The molecule has 2 rings (SSSR count). The van der Waals surface area contributed by atoms with Crippen molar-refractivity contribution in [2.24, 2.45) is 5.92 Å². The van der Waals surface area contributed by atoms with Crippen LogP contribution in [-0.2, 0) is 0 Å². The summed E-state index contributed by atoms with van der Waals surface area (Å²) in [5.41, 5.74) is 2.61. The maximum atomic E-state index is 9.30. The van der Waals surface area contributed by atoms with Crippen LogP contribution in [0.15, 0.2) is 6.07 Å². The molecular formula is C17H26N4. The van der Waals surface area contributed by atoms with E-state index in [2.05, 4.69) is 35.1 Å². The Bertz CT molecular complexity index is 532. The summed E-state index contributed by atoms with van der Waals surface area (Å²) >= 11 is 0. The molecule has 2 heterocycles. The number of anilines is 1. The Kier molecular flexibility index (Phi) is 5.19. The third kappa shape index (κ3) is 3.95. The molecule has 1 fully saturated rings. The van der Waals surface area contributed by atoms with Gasteiger partial charge < -0.3 is 5.32 Å². The van der Waals surface area contributed by atoms with Gasteiger partial charge in [0.05, 0.1) is 5.56 Å². The van der Waals surface area contributed by atoms with Crippen molar-refractivity contribution >= 4 is 5.82 Å². The highest BCUT2D eigenvalue weighted by molar-refractivity contribution is 5.56. The fraction of sp³-hybridized carbons (Fsp3) is 0.647. The smallest absolute Gasteiger partial charge is 0.144 e. The molecule has 1 aliphatic rings. The molecule has 1 saturated heterocycles. The second kappa shape index (κ2) is 6.91. The van der Waals surface area contributed by atoms with E-state index in [0.29, 0.717) is 11.6 Å². The van der Waals surface area contributed by atoms with Gasteiger partial charge in [-0.25, -0.2) is 4.98 Å². The first-order valence-electron chi connectivity index (χ1n) is 7.87. The average molecular weight is 286 g/mol. The molecule has 0 bridgehead atoms. The number of hydrogen-bond acceptors (Lipinski definition) is 4. The molecule has 2 unspecified atom stereocenters. The number of likely N-dealkylation sites (tertiary alicyclic amines) is 1. The van der Waals surface area contributed by atoms with Crippen LogP contribution in [0.1, 0.15) is 43.5 Å². The van der Waals surface area contributed by atoms with Crippen LogP contribution in [0.4, 0.5) is 5.82 Å². The molecule has 4 nitrogen and oxygen atoms in total. The minimum atomic E-state index is 0.460. The molecule has 1 aliphatic heterocycles. The van der Waals surface area contributed by atoms with Gasteiger partial charge in [-0.15, -0.1) is 0 Å². The molecule has 1 aromatic heterocycles. The van der Waals surface area contributed by atoms with Crippen molar-refractivity contribution < 1.29 is 0 Å². The normalized spacial score (nSPS) is 20.8. The lowest BCUT2D eigenvalue weighted by molar-refractivity contribution is 0.144. The van der Waals surface area contributed by atoms with Crippen LogP contribution in [0.2, 0.25) is 0 Å². The first kappa shape index (κ1) is 15.8. The number of hydrogen-bond donors (Lipinski definition) is 1. The minimum absolute atomic E-state index is 0.460. The second-order valence-corrected chi connectivity index (χ2v) is 6.39. The minimum Gasteiger partial charge on any atom is -0.367 e. The molecule has 0 saturated carbocycles. The van der Waals surface area contributed by atoms with E-state index in [9.17, 15) is 5.26 Å². The Morgan fingerprint density at radius 2 is 2.29 bits per heavy atom. The molecule has 0 aliphatic carbocycles. The SMILES string of the molecule is Cc1cc(C)c(C#N)c(NCC(C)N2CCCC(C)C2)n1. The highest BCUT2D eigenvalue weighted by atomic mass is 15.2. The van der Waals surface area contributed by atoms with Crippen molar-refractivity contribution in [2.75, 3.05) is 25.0 Å².